The third kappa shape index (κ3) is 3.62. The van der Waals surface area contributed by atoms with Gasteiger partial charge in [0.1, 0.15) is 5.82 Å². The van der Waals surface area contributed by atoms with Crippen molar-refractivity contribution in [2.24, 2.45) is 0 Å². The Morgan fingerprint density at radius 3 is 2.42 bits per heavy atom. The van der Waals surface area contributed by atoms with Gasteiger partial charge in [0.05, 0.1) is 15.4 Å². The highest BCUT2D eigenvalue weighted by Crippen LogP contribution is 2.30. The number of hydrogen-bond donors (Lipinski definition) is 0. The molecule has 0 fully saturated rings. The summed E-state index contributed by atoms with van der Waals surface area (Å²) in [5.74, 6) is -0.250. The largest absolute Gasteiger partial charge is 0.207 e. The smallest absolute Gasteiger partial charge is 0.123 e. The first-order chi connectivity index (χ1) is 8.97. The lowest BCUT2D eigenvalue weighted by Gasteiger charge is -2.13. The third-order valence-corrected chi connectivity index (χ3v) is 4.10. The molecule has 2 aromatic carbocycles. The van der Waals surface area contributed by atoms with Gasteiger partial charge in [0.2, 0.25) is 0 Å². The molecule has 2 rings (SSSR count). The van der Waals surface area contributed by atoms with Crippen LogP contribution in [0, 0.1) is 12.7 Å². The van der Waals surface area contributed by atoms with E-state index in [0.717, 1.165) is 16.7 Å². The maximum atomic E-state index is 13.1. The fraction of sp³-hybridized carbons (Fsp3) is 0.200. The van der Waals surface area contributed by atoms with Crippen molar-refractivity contribution in [2.45, 2.75) is 18.7 Å². The molecule has 100 valence electrons. The minimum Gasteiger partial charge on any atom is -0.207 e. The molecule has 0 amide bonds. The van der Waals surface area contributed by atoms with Crippen molar-refractivity contribution in [3.05, 3.63) is 69.0 Å². The predicted molar refractivity (Wildman–Crippen MR) is 79.9 cm³/mol. The summed E-state index contributed by atoms with van der Waals surface area (Å²) in [7, 11) is 0. The third-order valence-electron chi connectivity index (χ3n) is 2.97. The van der Waals surface area contributed by atoms with Crippen LogP contribution in [0.3, 0.4) is 0 Å². The van der Waals surface area contributed by atoms with Crippen LogP contribution in [-0.2, 0) is 6.42 Å². The van der Waals surface area contributed by atoms with Crippen molar-refractivity contribution < 1.29 is 4.39 Å². The molecule has 2 aromatic rings. The van der Waals surface area contributed by atoms with Crippen LogP contribution >= 0.6 is 34.8 Å². The quantitative estimate of drug-likeness (QED) is 0.612. The summed E-state index contributed by atoms with van der Waals surface area (Å²) in [6.07, 6.45) is 0.616. The van der Waals surface area contributed by atoms with E-state index < -0.39 is 0 Å². The lowest BCUT2D eigenvalue weighted by molar-refractivity contribution is 0.625. The maximum absolute atomic E-state index is 13.1. The molecule has 0 aliphatic rings. The fourth-order valence-electron chi connectivity index (χ4n) is 1.97. The van der Waals surface area contributed by atoms with Gasteiger partial charge in [-0.1, -0.05) is 35.3 Å². The Morgan fingerprint density at radius 2 is 1.79 bits per heavy atom. The van der Waals surface area contributed by atoms with E-state index in [1.807, 2.05) is 13.0 Å². The van der Waals surface area contributed by atoms with Crippen molar-refractivity contribution in [1.82, 2.24) is 0 Å². The second-order valence-electron chi connectivity index (χ2n) is 4.42. The summed E-state index contributed by atoms with van der Waals surface area (Å²) in [4.78, 5) is 0. The molecule has 0 aliphatic carbocycles. The van der Waals surface area contributed by atoms with Crippen LogP contribution in [0.15, 0.2) is 36.4 Å². The Kier molecular flexibility index (Phi) is 4.72. The van der Waals surface area contributed by atoms with Gasteiger partial charge in [0.25, 0.3) is 0 Å². The number of rotatable bonds is 3. The Bertz CT molecular complexity index is 596. The molecule has 0 radical (unpaired) electrons. The summed E-state index contributed by atoms with van der Waals surface area (Å²) >= 11 is 18.2. The van der Waals surface area contributed by atoms with E-state index in [-0.39, 0.29) is 11.2 Å². The Hall–Kier alpha value is -0.760. The summed E-state index contributed by atoms with van der Waals surface area (Å²) in [5, 5.41) is 0.811. The molecular weight excluding hydrogens is 306 g/mol. The van der Waals surface area contributed by atoms with E-state index in [1.165, 1.54) is 12.1 Å². The molecule has 0 aromatic heterocycles. The molecule has 0 aliphatic heterocycles. The number of halogens is 4. The van der Waals surface area contributed by atoms with Gasteiger partial charge in [-0.05, 0) is 54.3 Å². The molecule has 0 bridgehead atoms. The minimum absolute atomic E-state index is 0.224. The van der Waals surface area contributed by atoms with E-state index in [4.69, 9.17) is 34.8 Å². The number of hydrogen-bond acceptors (Lipinski definition) is 0. The van der Waals surface area contributed by atoms with Gasteiger partial charge in [-0.3, -0.25) is 0 Å². The molecule has 0 saturated carbocycles. The number of alkyl halides is 1. The summed E-state index contributed by atoms with van der Waals surface area (Å²) in [6, 6.07) is 10.1. The van der Waals surface area contributed by atoms with Gasteiger partial charge in [-0.25, -0.2) is 4.39 Å². The molecule has 19 heavy (non-hydrogen) atoms. The van der Waals surface area contributed by atoms with Gasteiger partial charge >= 0.3 is 0 Å². The van der Waals surface area contributed by atoms with Crippen LogP contribution in [-0.4, -0.2) is 0 Å². The van der Waals surface area contributed by atoms with E-state index in [2.05, 4.69) is 0 Å². The van der Waals surface area contributed by atoms with Crippen molar-refractivity contribution in [1.29, 1.82) is 0 Å². The summed E-state index contributed by atoms with van der Waals surface area (Å²) in [6.45, 7) is 1.85. The summed E-state index contributed by atoms with van der Waals surface area (Å²) < 4.78 is 13.1. The van der Waals surface area contributed by atoms with Crippen LogP contribution in [0.5, 0.6) is 0 Å². The molecule has 0 saturated heterocycles. The second-order valence-corrected chi connectivity index (χ2v) is 5.76. The van der Waals surface area contributed by atoms with E-state index >= 15 is 0 Å². The molecular formula is C15H12Cl3F. The highest BCUT2D eigenvalue weighted by Gasteiger charge is 2.13. The van der Waals surface area contributed by atoms with E-state index in [9.17, 15) is 4.39 Å². The van der Waals surface area contributed by atoms with Gasteiger partial charge < -0.3 is 0 Å². The highest BCUT2D eigenvalue weighted by atomic mass is 35.5. The molecule has 0 N–H and O–H groups in total. The van der Waals surface area contributed by atoms with Gasteiger partial charge in [-0.2, -0.15) is 0 Å². The fourth-order valence-corrected chi connectivity index (χ4v) is 2.72. The standard InChI is InChI=1S/C15H12Cl3F/c1-9-6-11(19)3-4-12(9)14(17)7-10-2-5-13(16)15(18)8-10/h2-6,8,14H,7H2,1H3. The molecule has 1 unspecified atom stereocenters. The molecule has 0 heterocycles. The summed E-state index contributed by atoms with van der Waals surface area (Å²) in [5.41, 5.74) is 2.77. The van der Waals surface area contributed by atoms with Crippen molar-refractivity contribution in [2.75, 3.05) is 0 Å². The zero-order chi connectivity index (χ0) is 14.0. The second kappa shape index (κ2) is 6.13. The number of aryl methyl sites for hydroxylation is 1. The molecule has 1 atom stereocenters. The van der Waals surface area contributed by atoms with Crippen molar-refractivity contribution in [3.8, 4) is 0 Å². The van der Waals surface area contributed by atoms with Crippen LogP contribution in [0.4, 0.5) is 4.39 Å². The topological polar surface area (TPSA) is 0 Å². The lowest BCUT2D eigenvalue weighted by atomic mass is 10.00. The van der Waals surface area contributed by atoms with Crippen molar-refractivity contribution >= 4 is 34.8 Å². The Morgan fingerprint density at radius 1 is 1.05 bits per heavy atom. The Labute approximate surface area is 127 Å². The zero-order valence-corrected chi connectivity index (χ0v) is 12.5. The molecule has 0 nitrogen and oxygen atoms in total. The predicted octanol–water partition coefficient (Wildman–Crippen LogP) is 5.96. The van der Waals surface area contributed by atoms with Gasteiger partial charge in [0, 0.05) is 0 Å². The van der Waals surface area contributed by atoms with Crippen LogP contribution in [0.1, 0.15) is 22.1 Å². The lowest BCUT2D eigenvalue weighted by Crippen LogP contribution is -1.99. The average Bonchev–Trinajstić information content (AvgIpc) is 2.33. The normalized spacial score (nSPS) is 12.5. The van der Waals surface area contributed by atoms with E-state index in [1.54, 1.807) is 18.2 Å². The van der Waals surface area contributed by atoms with Crippen LogP contribution < -0.4 is 0 Å². The zero-order valence-electron chi connectivity index (χ0n) is 10.3. The first kappa shape index (κ1) is 14.6. The van der Waals surface area contributed by atoms with Crippen molar-refractivity contribution in [3.63, 3.8) is 0 Å². The maximum Gasteiger partial charge on any atom is 0.123 e. The number of benzene rings is 2. The average molecular weight is 318 g/mol. The first-order valence-electron chi connectivity index (χ1n) is 5.81. The highest BCUT2D eigenvalue weighted by molar-refractivity contribution is 6.42. The molecule has 4 heteroatoms. The van der Waals surface area contributed by atoms with E-state index in [0.29, 0.717) is 16.5 Å². The van der Waals surface area contributed by atoms with Gasteiger partial charge in [0.15, 0.2) is 0 Å². The first-order valence-corrected chi connectivity index (χ1v) is 7.00. The van der Waals surface area contributed by atoms with Crippen LogP contribution in [0.2, 0.25) is 10.0 Å². The van der Waals surface area contributed by atoms with Crippen LogP contribution in [0.25, 0.3) is 0 Å². The molecule has 0 spiro atoms. The Balaban J connectivity index is 2.20. The SMILES string of the molecule is Cc1cc(F)ccc1C(Cl)Cc1ccc(Cl)c(Cl)c1. The van der Waals surface area contributed by atoms with Gasteiger partial charge in [-0.15, -0.1) is 11.6 Å². The minimum atomic E-state index is -0.250. The monoisotopic (exact) mass is 316 g/mol.